The van der Waals surface area contributed by atoms with Gasteiger partial charge in [0.15, 0.2) is 10.7 Å². The average Bonchev–Trinajstić information content (AvgIpc) is 2.16. The molecule has 0 saturated heterocycles. The number of rotatable bonds is 3. The number of hydrogen-bond acceptors (Lipinski definition) is 5. The maximum absolute atomic E-state index is 10.6. The molecule has 1 aromatic rings. The molecule has 0 aliphatic carbocycles. The standard InChI is InChI=1S/C7H7NO5S/c1-13-5-2-3-7(14(11)12)6(4-5)8(9)10/h2-4,14H,1H3. The van der Waals surface area contributed by atoms with Crippen LogP contribution in [0.4, 0.5) is 5.69 Å². The molecule has 7 heteroatoms. The molecule has 14 heavy (non-hydrogen) atoms. The molecular formula is C7H7NO5S. The molecule has 0 bridgehead atoms. The summed E-state index contributed by atoms with van der Waals surface area (Å²) in [6, 6.07) is 3.57. The lowest BCUT2D eigenvalue weighted by Gasteiger charge is -2.00. The normalized spacial score (nSPS) is 10.1. The third-order valence-electron chi connectivity index (χ3n) is 1.58. The van der Waals surface area contributed by atoms with Crippen LogP contribution in [0.1, 0.15) is 0 Å². The number of nitro groups is 1. The fourth-order valence-electron chi connectivity index (χ4n) is 0.931. The average molecular weight is 217 g/mol. The molecule has 1 aromatic carbocycles. The largest absolute Gasteiger partial charge is 0.497 e. The summed E-state index contributed by atoms with van der Waals surface area (Å²) in [5.74, 6) is 0.248. The van der Waals surface area contributed by atoms with Crippen LogP contribution >= 0.6 is 0 Å². The Bertz CT molecular complexity index is 432. The van der Waals surface area contributed by atoms with Crippen LogP contribution in [-0.2, 0) is 10.7 Å². The predicted molar refractivity (Wildman–Crippen MR) is 48.2 cm³/mol. The second-order valence-electron chi connectivity index (χ2n) is 2.37. The van der Waals surface area contributed by atoms with Gasteiger partial charge in [-0.1, -0.05) is 0 Å². The zero-order chi connectivity index (χ0) is 10.7. The van der Waals surface area contributed by atoms with Gasteiger partial charge in [-0.25, -0.2) is 8.42 Å². The van der Waals surface area contributed by atoms with Crippen molar-refractivity contribution in [1.29, 1.82) is 0 Å². The first-order valence-corrected chi connectivity index (χ1v) is 4.71. The molecule has 0 saturated carbocycles. The first kappa shape index (κ1) is 10.5. The summed E-state index contributed by atoms with van der Waals surface area (Å²) in [4.78, 5) is 9.40. The lowest BCUT2D eigenvalue weighted by molar-refractivity contribution is -0.387. The third-order valence-corrected chi connectivity index (χ3v) is 2.35. The fraction of sp³-hybridized carbons (Fsp3) is 0.143. The molecule has 0 radical (unpaired) electrons. The Morgan fingerprint density at radius 3 is 2.50 bits per heavy atom. The summed E-state index contributed by atoms with van der Waals surface area (Å²) >= 11 is 0. The second kappa shape index (κ2) is 4.05. The van der Waals surface area contributed by atoms with Crippen molar-refractivity contribution >= 4 is 16.4 Å². The van der Waals surface area contributed by atoms with Gasteiger partial charge in [0, 0.05) is 0 Å². The van der Waals surface area contributed by atoms with E-state index in [0.717, 1.165) is 12.1 Å². The van der Waals surface area contributed by atoms with E-state index in [1.807, 2.05) is 0 Å². The lowest BCUT2D eigenvalue weighted by atomic mass is 10.3. The topological polar surface area (TPSA) is 86.5 Å². The molecule has 0 unspecified atom stereocenters. The molecule has 0 amide bonds. The Balaban J connectivity index is 3.38. The minimum atomic E-state index is -2.96. The molecule has 0 fully saturated rings. The highest BCUT2D eigenvalue weighted by molar-refractivity contribution is 7.72. The van der Waals surface area contributed by atoms with Gasteiger partial charge in [-0.05, 0) is 12.1 Å². The van der Waals surface area contributed by atoms with Crippen molar-refractivity contribution in [1.82, 2.24) is 0 Å². The van der Waals surface area contributed by atoms with Crippen molar-refractivity contribution in [3.63, 3.8) is 0 Å². The summed E-state index contributed by atoms with van der Waals surface area (Å²) in [6.45, 7) is 0. The van der Waals surface area contributed by atoms with Crippen LogP contribution in [0.2, 0.25) is 0 Å². The van der Waals surface area contributed by atoms with Crippen molar-refractivity contribution in [3.05, 3.63) is 28.3 Å². The van der Waals surface area contributed by atoms with E-state index in [1.54, 1.807) is 0 Å². The van der Waals surface area contributed by atoms with Crippen molar-refractivity contribution in [2.24, 2.45) is 0 Å². The van der Waals surface area contributed by atoms with Gasteiger partial charge in [-0.2, -0.15) is 0 Å². The van der Waals surface area contributed by atoms with Crippen LogP contribution in [0.3, 0.4) is 0 Å². The van der Waals surface area contributed by atoms with E-state index in [9.17, 15) is 18.5 Å². The second-order valence-corrected chi connectivity index (χ2v) is 3.36. The molecule has 6 nitrogen and oxygen atoms in total. The van der Waals surface area contributed by atoms with Gasteiger partial charge in [0.25, 0.3) is 5.69 Å². The van der Waals surface area contributed by atoms with Crippen LogP contribution in [0.5, 0.6) is 5.75 Å². The van der Waals surface area contributed by atoms with E-state index < -0.39 is 21.3 Å². The van der Waals surface area contributed by atoms with Gasteiger partial charge < -0.3 is 4.74 Å². The highest BCUT2D eigenvalue weighted by Crippen LogP contribution is 2.25. The van der Waals surface area contributed by atoms with E-state index >= 15 is 0 Å². The van der Waals surface area contributed by atoms with Crippen LogP contribution in [0, 0.1) is 10.1 Å². The first-order chi connectivity index (χ1) is 6.56. The van der Waals surface area contributed by atoms with Crippen molar-refractivity contribution < 1.29 is 18.1 Å². The van der Waals surface area contributed by atoms with E-state index in [2.05, 4.69) is 0 Å². The Hall–Kier alpha value is -1.63. The Morgan fingerprint density at radius 1 is 1.43 bits per heavy atom. The van der Waals surface area contributed by atoms with Gasteiger partial charge in [-0.15, -0.1) is 0 Å². The van der Waals surface area contributed by atoms with E-state index in [-0.39, 0.29) is 10.6 Å². The zero-order valence-corrected chi connectivity index (χ0v) is 8.06. The number of thiol groups is 1. The van der Waals surface area contributed by atoms with Gasteiger partial charge in [-0.3, -0.25) is 10.1 Å². The Kier molecular flexibility index (Phi) is 3.03. The number of nitrogens with zero attached hydrogens (tertiary/aromatic N) is 1. The molecule has 1 rings (SSSR count). The smallest absolute Gasteiger partial charge is 0.291 e. The van der Waals surface area contributed by atoms with Crippen LogP contribution in [-0.4, -0.2) is 20.5 Å². The number of hydrogen-bond donors (Lipinski definition) is 1. The van der Waals surface area contributed by atoms with Crippen molar-refractivity contribution in [3.8, 4) is 5.75 Å². The summed E-state index contributed by atoms with van der Waals surface area (Å²) < 4.78 is 26.0. The fourth-order valence-corrected chi connectivity index (χ4v) is 1.46. The predicted octanol–water partition coefficient (Wildman–Crippen LogP) is 0.574. The molecule has 0 aliphatic heterocycles. The summed E-state index contributed by atoms with van der Waals surface area (Å²) in [5, 5.41) is 10.5. The number of ether oxygens (including phenoxy) is 1. The molecule has 0 N–H and O–H groups in total. The monoisotopic (exact) mass is 217 g/mol. The molecule has 0 heterocycles. The quantitative estimate of drug-likeness (QED) is 0.454. The molecular weight excluding hydrogens is 210 g/mol. The Labute approximate surface area is 81.2 Å². The van der Waals surface area contributed by atoms with Gasteiger partial charge >= 0.3 is 0 Å². The van der Waals surface area contributed by atoms with Crippen LogP contribution in [0.15, 0.2) is 23.1 Å². The van der Waals surface area contributed by atoms with Gasteiger partial charge in [0.2, 0.25) is 0 Å². The SMILES string of the molecule is COc1ccc([SH](=O)=O)c([N+](=O)[O-])c1. The summed E-state index contributed by atoms with van der Waals surface area (Å²) in [6.07, 6.45) is 0. The van der Waals surface area contributed by atoms with Gasteiger partial charge in [0.1, 0.15) is 10.6 Å². The third kappa shape index (κ3) is 1.99. The van der Waals surface area contributed by atoms with E-state index in [1.165, 1.54) is 13.2 Å². The lowest BCUT2D eigenvalue weighted by Crippen LogP contribution is -1.95. The van der Waals surface area contributed by atoms with Crippen LogP contribution in [0.25, 0.3) is 0 Å². The molecule has 76 valence electrons. The molecule has 0 atom stereocenters. The minimum absolute atomic E-state index is 0.248. The minimum Gasteiger partial charge on any atom is -0.497 e. The van der Waals surface area contributed by atoms with E-state index in [0.29, 0.717) is 0 Å². The number of benzene rings is 1. The van der Waals surface area contributed by atoms with E-state index in [4.69, 9.17) is 4.74 Å². The van der Waals surface area contributed by atoms with Crippen molar-refractivity contribution in [2.45, 2.75) is 4.90 Å². The highest BCUT2D eigenvalue weighted by atomic mass is 32.2. The highest BCUT2D eigenvalue weighted by Gasteiger charge is 2.16. The maximum Gasteiger partial charge on any atom is 0.291 e. The van der Waals surface area contributed by atoms with Gasteiger partial charge in [0.05, 0.1) is 18.1 Å². The zero-order valence-electron chi connectivity index (χ0n) is 7.17. The van der Waals surface area contributed by atoms with Crippen molar-refractivity contribution in [2.75, 3.05) is 7.11 Å². The first-order valence-electron chi connectivity index (χ1n) is 3.53. The Morgan fingerprint density at radius 2 is 2.07 bits per heavy atom. The molecule has 0 spiro atoms. The summed E-state index contributed by atoms with van der Waals surface area (Å²) in [7, 11) is -1.62. The molecule has 0 aromatic heterocycles. The number of methoxy groups -OCH3 is 1. The summed E-state index contributed by atoms with van der Waals surface area (Å²) in [5.41, 5.74) is -0.472. The number of nitro benzene ring substituents is 1. The van der Waals surface area contributed by atoms with Crippen LogP contribution < -0.4 is 4.74 Å². The molecule has 0 aliphatic rings. The maximum atomic E-state index is 10.6.